The molecule has 7 heteroatoms. The van der Waals surface area contributed by atoms with Gasteiger partial charge in [-0.2, -0.15) is 4.31 Å². The van der Waals surface area contributed by atoms with Crippen LogP contribution in [0.3, 0.4) is 0 Å². The van der Waals surface area contributed by atoms with E-state index in [2.05, 4.69) is 0 Å². The summed E-state index contributed by atoms with van der Waals surface area (Å²) < 4.78 is 24.7. The number of sulfonamides is 1. The van der Waals surface area contributed by atoms with Crippen LogP contribution in [-0.2, 0) is 26.8 Å². The van der Waals surface area contributed by atoms with Crippen molar-refractivity contribution in [2.45, 2.75) is 12.0 Å². The largest absolute Gasteiger partial charge is 0.342 e. The van der Waals surface area contributed by atoms with Gasteiger partial charge in [-0.1, -0.05) is 54.6 Å². The van der Waals surface area contributed by atoms with Gasteiger partial charge in [-0.3, -0.25) is 4.79 Å². The van der Waals surface area contributed by atoms with Crippen LogP contribution in [0.15, 0.2) is 54.6 Å². The number of hydrogen-bond acceptors (Lipinski definition) is 4. The molecule has 2 aromatic rings. The van der Waals surface area contributed by atoms with Crippen molar-refractivity contribution in [3.63, 3.8) is 0 Å². The molecule has 1 saturated heterocycles. The lowest BCUT2D eigenvalue weighted by Gasteiger charge is -2.40. The molecule has 4 rings (SSSR count). The van der Waals surface area contributed by atoms with Crippen LogP contribution in [0, 0.1) is 0 Å². The summed E-state index contributed by atoms with van der Waals surface area (Å²) >= 11 is 0. The van der Waals surface area contributed by atoms with E-state index >= 15 is 0 Å². The minimum atomic E-state index is -4.02. The number of amides is 3. The zero-order valence-electron chi connectivity index (χ0n) is 13.5. The zero-order valence-corrected chi connectivity index (χ0v) is 14.4. The summed E-state index contributed by atoms with van der Waals surface area (Å²) in [6.45, 7) is 0.280. The average Bonchev–Trinajstić information content (AvgIpc) is 2.84. The third-order valence-corrected chi connectivity index (χ3v) is 5.82. The minimum absolute atomic E-state index is 0.280. The van der Waals surface area contributed by atoms with Crippen LogP contribution >= 0.6 is 0 Å². The van der Waals surface area contributed by atoms with Crippen molar-refractivity contribution in [2.75, 3.05) is 12.8 Å². The van der Waals surface area contributed by atoms with Crippen LogP contribution in [0.2, 0.25) is 0 Å². The third kappa shape index (κ3) is 1.99. The van der Waals surface area contributed by atoms with Gasteiger partial charge >= 0.3 is 6.03 Å². The topological polar surface area (TPSA) is 74.8 Å². The highest BCUT2D eigenvalue weighted by Crippen LogP contribution is 2.47. The molecule has 2 heterocycles. The molecular formula is C18H16N2O4S. The van der Waals surface area contributed by atoms with Crippen molar-refractivity contribution >= 4 is 22.0 Å². The fraction of sp³-hybridized carbons (Fsp3) is 0.222. The van der Waals surface area contributed by atoms with Crippen molar-refractivity contribution in [1.29, 1.82) is 0 Å². The second-order valence-electron chi connectivity index (χ2n) is 6.25. The van der Waals surface area contributed by atoms with E-state index < -0.39 is 27.5 Å². The van der Waals surface area contributed by atoms with Crippen molar-refractivity contribution in [2.24, 2.45) is 0 Å². The van der Waals surface area contributed by atoms with Gasteiger partial charge in [-0.25, -0.2) is 13.2 Å². The Labute approximate surface area is 145 Å². The number of carbonyl (C=O) groups excluding carboxylic acids is 2. The predicted octanol–water partition coefficient (Wildman–Crippen LogP) is 1.71. The molecule has 0 N–H and O–H groups in total. The molecule has 3 amide bonds. The van der Waals surface area contributed by atoms with Crippen molar-refractivity contribution in [1.82, 2.24) is 9.21 Å². The van der Waals surface area contributed by atoms with Crippen LogP contribution in [0.4, 0.5) is 4.79 Å². The summed E-state index contributed by atoms with van der Waals surface area (Å²) in [7, 11) is -4.02. The first-order valence-corrected chi connectivity index (χ1v) is 9.73. The predicted molar refractivity (Wildman–Crippen MR) is 91.2 cm³/mol. The molecule has 6 nitrogen and oxygen atoms in total. The summed E-state index contributed by atoms with van der Waals surface area (Å²) in [5.74, 6) is -0.738. The molecule has 2 aliphatic rings. The van der Waals surface area contributed by atoms with E-state index in [9.17, 15) is 18.0 Å². The first kappa shape index (κ1) is 15.8. The fourth-order valence-corrected chi connectivity index (χ4v) is 4.67. The Morgan fingerprint density at radius 2 is 1.60 bits per heavy atom. The van der Waals surface area contributed by atoms with E-state index in [1.54, 1.807) is 36.4 Å². The van der Waals surface area contributed by atoms with Gasteiger partial charge in [0.25, 0.3) is 5.91 Å². The van der Waals surface area contributed by atoms with E-state index in [1.165, 1.54) is 4.90 Å². The van der Waals surface area contributed by atoms with Gasteiger partial charge in [-0.15, -0.1) is 0 Å². The molecule has 1 unspecified atom stereocenters. The Hall–Kier alpha value is -2.67. The van der Waals surface area contributed by atoms with Gasteiger partial charge < -0.3 is 4.90 Å². The summed E-state index contributed by atoms with van der Waals surface area (Å²) in [6.07, 6.45) is 1.45. The number of benzene rings is 2. The molecule has 0 aliphatic carbocycles. The van der Waals surface area contributed by atoms with Gasteiger partial charge in [0, 0.05) is 6.54 Å². The first-order chi connectivity index (χ1) is 11.9. The van der Waals surface area contributed by atoms with Gasteiger partial charge in [0.1, 0.15) is 0 Å². The maximum Gasteiger partial charge on any atom is 0.342 e. The first-order valence-electron chi connectivity index (χ1n) is 7.88. The Morgan fingerprint density at radius 3 is 2.28 bits per heavy atom. The highest BCUT2D eigenvalue weighted by atomic mass is 32.2. The summed E-state index contributed by atoms with van der Waals surface area (Å²) in [5.41, 5.74) is 0.763. The van der Waals surface area contributed by atoms with E-state index in [4.69, 9.17) is 0 Å². The molecule has 0 radical (unpaired) electrons. The van der Waals surface area contributed by atoms with E-state index in [-0.39, 0.29) is 6.54 Å². The summed E-state index contributed by atoms with van der Waals surface area (Å²) in [6, 6.07) is 15.5. The Kier molecular flexibility index (Phi) is 3.27. The highest BCUT2D eigenvalue weighted by molar-refractivity contribution is 7.89. The van der Waals surface area contributed by atoms with E-state index in [1.807, 2.05) is 18.2 Å². The van der Waals surface area contributed by atoms with Gasteiger partial charge in [0.15, 0.2) is 5.54 Å². The fourth-order valence-electron chi connectivity index (χ4n) is 3.86. The zero-order chi connectivity index (χ0) is 17.8. The minimum Gasteiger partial charge on any atom is -0.300 e. The average molecular weight is 356 g/mol. The SMILES string of the molecule is CS(=O)(=O)N1C(=O)N2CCc3ccccc3C2(c2ccccc2)C1=O. The Balaban J connectivity index is 2.09. The maximum absolute atomic E-state index is 13.4. The third-order valence-electron chi connectivity index (χ3n) is 4.84. The lowest BCUT2D eigenvalue weighted by molar-refractivity contribution is -0.129. The standard InChI is InChI=1S/C18H16N2O4S/c1-25(23,24)20-16(21)18(14-8-3-2-4-9-14)15-10-6-5-7-13(15)11-12-19(18)17(20)22/h2-10H,11-12H2,1H3. The van der Waals surface area contributed by atoms with Crippen LogP contribution in [-0.4, -0.2) is 42.4 Å². The number of fused-ring (bicyclic) bond motifs is 3. The summed E-state index contributed by atoms with van der Waals surface area (Å²) in [5, 5.41) is 0. The molecule has 25 heavy (non-hydrogen) atoms. The smallest absolute Gasteiger partial charge is 0.300 e. The molecule has 1 fully saturated rings. The lowest BCUT2D eigenvalue weighted by Crippen LogP contribution is -2.51. The maximum atomic E-state index is 13.4. The van der Waals surface area contributed by atoms with Crippen LogP contribution in [0.5, 0.6) is 0 Å². The number of imide groups is 1. The van der Waals surface area contributed by atoms with Crippen molar-refractivity contribution < 1.29 is 18.0 Å². The monoisotopic (exact) mass is 356 g/mol. The molecule has 2 aromatic carbocycles. The second kappa shape index (κ2) is 5.16. The molecule has 0 aromatic heterocycles. The summed E-state index contributed by atoms with van der Waals surface area (Å²) in [4.78, 5) is 27.6. The molecular weight excluding hydrogens is 340 g/mol. The molecule has 128 valence electrons. The van der Waals surface area contributed by atoms with Crippen LogP contribution < -0.4 is 0 Å². The number of hydrogen-bond donors (Lipinski definition) is 0. The Bertz CT molecular complexity index is 987. The molecule has 2 aliphatic heterocycles. The number of nitrogens with zero attached hydrogens (tertiary/aromatic N) is 2. The number of carbonyl (C=O) groups is 2. The molecule has 1 atom stereocenters. The number of rotatable bonds is 2. The molecule has 0 saturated carbocycles. The second-order valence-corrected chi connectivity index (χ2v) is 8.08. The molecule has 0 spiro atoms. The normalized spacial score (nSPS) is 22.8. The van der Waals surface area contributed by atoms with Crippen LogP contribution in [0.25, 0.3) is 0 Å². The lowest BCUT2D eigenvalue weighted by atomic mass is 9.76. The van der Waals surface area contributed by atoms with Gasteiger partial charge in [0.2, 0.25) is 10.0 Å². The number of urea groups is 1. The van der Waals surface area contributed by atoms with E-state index in [0.717, 1.165) is 11.8 Å². The van der Waals surface area contributed by atoms with Gasteiger partial charge in [0.05, 0.1) is 6.26 Å². The van der Waals surface area contributed by atoms with Crippen molar-refractivity contribution in [3.05, 3.63) is 71.3 Å². The highest BCUT2D eigenvalue weighted by Gasteiger charge is 2.63. The quantitative estimate of drug-likeness (QED) is 0.768. The van der Waals surface area contributed by atoms with E-state index in [0.29, 0.717) is 21.9 Å². The molecule has 0 bridgehead atoms. The van der Waals surface area contributed by atoms with Crippen molar-refractivity contribution in [3.8, 4) is 0 Å². The van der Waals surface area contributed by atoms with Gasteiger partial charge in [-0.05, 0) is 23.1 Å². The Morgan fingerprint density at radius 1 is 0.960 bits per heavy atom. The van der Waals surface area contributed by atoms with Crippen LogP contribution in [0.1, 0.15) is 16.7 Å².